The fourth-order valence-corrected chi connectivity index (χ4v) is 2.25. The van der Waals surface area contributed by atoms with E-state index < -0.39 is 9.84 Å². The van der Waals surface area contributed by atoms with E-state index in [0.717, 1.165) is 5.82 Å². The molecule has 0 saturated carbocycles. The normalized spacial score (nSPS) is 12.2. The maximum absolute atomic E-state index is 11.6. The summed E-state index contributed by atoms with van der Waals surface area (Å²) in [6.07, 6.45) is 3.50. The highest BCUT2D eigenvalue weighted by Gasteiger charge is 2.16. The number of aryl methyl sites for hydroxylation is 1. The molecule has 6 heteroatoms. The molecule has 0 aliphatic carbocycles. The highest BCUT2D eigenvalue weighted by molar-refractivity contribution is 7.91. The van der Waals surface area contributed by atoms with Gasteiger partial charge < -0.3 is 9.88 Å². The smallest absolute Gasteiger partial charge is 0.154 e. The predicted octanol–water partition coefficient (Wildman–Crippen LogP) is 0.426. The highest BCUT2D eigenvalue weighted by Crippen LogP contribution is 2.04. The largest absolute Gasteiger partial charge is 0.333 e. The van der Waals surface area contributed by atoms with Crippen LogP contribution in [-0.4, -0.2) is 36.0 Å². The molecule has 16 heavy (non-hydrogen) atoms. The molecule has 0 atom stereocenters. The fourth-order valence-electron chi connectivity index (χ4n) is 1.33. The summed E-state index contributed by atoms with van der Waals surface area (Å²) < 4.78 is 25.2. The lowest BCUT2D eigenvalue weighted by Crippen LogP contribution is -2.22. The zero-order valence-electron chi connectivity index (χ0n) is 9.97. The van der Waals surface area contributed by atoms with E-state index in [1.807, 2.05) is 17.8 Å². The van der Waals surface area contributed by atoms with E-state index >= 15 is 0 Å². The second-order valence-corrected chi connectivity index (χ2v) is 6.66. The van der Waals surface area contributed by atoms with Crippen LogP contribution in [0.3, 0.4) is 0 Å². The van der Waals surface area contributed by atoms with Crippen molar-refractivity contribution in [2.24, 2.45) is 0 Å². The standard InChI is InChI=1S/C10H19N3O2S/c1-9(2)16(14,15)7-6-13-5-4-12-10(13)8-11-3/h4-5,9,11H,6-8H2,1-3H3. The number of hydrogen-bond acceptors (Lipinski definition) is 4. The third kappa shape index (κ3) is 3.31. The van der Waals surface area contributed by atoms with Crippen LogP contribution in [0.5, 0.6) is 0 Å². The van der Waals surface area contributed by atoms with Crippen molar-refractivity contribution >= 4 is 9.84 Å². The van der Waals surface area contributed by atoms with Crippen LogP contribution in [0.2, 0.25) is 0 Å². The number of nitrogens with one attached hydrogen (secondary N) is 1. The van der Waals surface area contributed by atoms with E-state index in [4.69, 9.17) is 0 Å². The first-order valence-corrected chi connectivity index (χ1v) is 7.05. The third-order valence-corrected chi connectivity index (χ3v) is 4.66. The van der Waals surface area contributed by atoms with Crippen molar-refractivity contribution < 1.29 is 8.42 Å². The van der Waals surface area contributed by atoms with Crippen LogP contribution in [0.25, 0.3) is 0 Å². The summed E-state index contributed by atoms with van der Waals surface area (Å²) in [6.45, 7) is 4.53. The van der Waals surface area contributed by atoms with Gasteiger partial charge in [0.1, 0.15) is 5.82 Å². The Balaban J connectivity index is 2.64. The van der Waals surface area contributed by atoms with Gasteiger partial charge >= 0.3 is 0 Å². The summed E-state index contributed by atoms with van der Waals surface area (Å²) in [6, 6.07) is 0. The van der Waals surface area contributed by atoms with Gasteiger partial charge in [-0.25, -0.2) is 13.4 Å². The van der Waals surface area contributed by atoms with Crippen LogP contribution in [0.1, 0.15) is 19.7 Å². The average molecular weight is 245 g/mol. The summed E-state index contributed by atoms with van der Waals surface area (Å²) in [7, 11) is -1.14. The molecule has 92 valence electrons. The Hall–Kier alpha value is -0.880. The van der Waals surface area contributed by atoms with Crippen LogP contribution in [-0.2, 0) is 22.9 Å². The van der Waals surface area contributed by atoms with Crippen molar-refractivity contribution in [2.75, 3.05) is 12.8 Å². The molecule has 1 aromatic rings. The van der Waals surface area contributed by atoms with E-state index in [1.165, 1.54) is 0 Å². The van der Waals surface area contributed by atoms with Crippen molar-refractivity contribution in [3.63, 3.8) is 0 Å². The van der Waals surface area contributed by atoms with E-state index in [9.17, 15) is 8.42 Å². The molecule has 1 heterocycles. The molecular formula is C10H19N3O2S. The van der Waals surface area contributed by atoms with E-state index in [-0.39, 0.29) is 11.0 Å². The average Bonchev–Trinajstić information content (AvgIpc) is 2.63. The molecule has 0 saturated heterocycles. The number of nitrogens with zero attached hydrogens (tertiary/aromatic N) is 2. The zero-order chi connectivity index (χ0) is 12.2. The Bertz CT molecular complexity index is 423. The van der Waals surface area contributed by atoms with E-state index in [0.29, 0.717) is 13.1 Å². The topological polar surface area (TPSA) is 64.0 Å². The lowest BCUT2D eigenvalue weighted by atomic mass is 10.5. The quantitative estimate of drug-likeness (QED) is 0.789. The summed E-state index contributed by atoms with van der Waals surface area (Å²) in [5.41, 5.74) is 0. The Morgan fingerprint density at radius 2 is 2.19 bits per heavy atom. The lowest BCUT2D eigenvalue weighted by Gasteiger charge is -2.10. The van der Waals surface area contributed by atoms with E-state index in [2.05, 4.69) is 10.3 Å². The lowest BCUT2D eigenvalue weighted by molar-refractivity contribution is 0.576. The first-order valence-electron chi connectivity index (χ1n) is 5.33. The van der Waals surface area contributed by atoms with Crippen LogP contribution in [0.4, 0.5) is 0 Å². The predicted molar refractivity (Wildman–Crippen MR) is 63.9 cm³/mol. The van der Waals surface area contributed by atoms with Gasteiger partial charge in [0.15, 0.2) is 9.84 Å². The Morgan fingerprint density at radius 3 is 2.75 bits per heavy atom. The minimum atomic E-state index is -2.98. The Labute approximate surface area is 96.8 Å². The number of aromatic nitrogens is 2. The maximum atomic E-state index is 11.6. The molecule has 0 aliphatic heterocycles. The molecule has 0 aromatic carbocycles. The first-order chi connectivity index (χ1) is 7.47. The molecule has 1 N–H and O–H groups in total. The second kappa shape index (κ2) is 5.45. The molecule has 0 bridgehead atoms. The molecule has 5 nitrogen and oxygen atoms in total. The van der Waals surface area contributed by atoms with Crippen molar-refractivity contribution in [2.45, 2.75) is 32.2 Å². The molecule has 0 unspecified atom stereocenters. The summed E-state index contributed by atoms with van der Waals surface area (Å²) >= 11 is 0. The highest BCUT2D eigenvalue weighted by atomic mass is 32.2. The van der Waals surface area contributed by atoms with Gasteiger partial charge in [0.2, 0.25) is 0 Å². The van der Waals surface area contributed by atoms with Crippen molar-refractivity contribution in [3.05, 3.63) is 18.2 Å². The Kier molecular flexibility index (Phi) is 4.49. The minimum Gasteiger partial charge on any atom is -0.333 e. The van der Waals surface area contributed by atoms with Gasteiger partial charge in [-0.1, -0.05) is 0 Å². The number of hydrogen-bond donors (Lipinski definition) is 1. The number of rotatable bonds is 6. The third-order valence-electron chi connectivity index (χ3n) is 2.47. The van der Waals surface area contributed by atoms with Gasteiger partial charge in [-0.05, 0) is 20.9 Å². The molecule has 0 radical (unpaired) electrons. The SMILES string of the molecule is CNCc1nccn1CCS(=O)(=O)C(C)C. The van der Waals surface area contributed by atoms with Gasteiger partial charge in [0, 0.05) is 18.9 Å². The van der Waals surface area contributed by atoms with Crippen LogP contribution >= 0.6 is 0 Å². The van der Waals surface area contributed by atoms with Crippen molar-refractivity contribution in [1.82, 2.24) is 14.9 Å². The molecule has 0 spiro atoms. The molecular weight excluding hydrogens is 226 g/mol. The molecule has 1 aromatic heterocycles. The van der Waals surface area contributed by atoms with Gasteiger partial charge in [-0.2, -0.15) is 0 Å². The molecule has 0 aliphatic rings. The van der Waals surface area contributed by atoms with Crippen LogP contribution in [0.15, 0.2) is 12.4 Å². The second-order valence-electron chi connectivity index (χ2n) is 3.98. The van der Waals surface area contributed by atoms with Gasteiger partial charge in [0.25, 0.3) is 0 Å². The van der Waals surface area contributed by atoms with Gasteiger partial charge in [-0.15, -0.1) is 0 Å². The molecule has 0 amide bonds. The summed E-state index contributed by atoms with van der Waals surface area (Å²) in [4.78, 5) is 4.16. The number of imidazole rings is 1. The summed E-state index contributed by atoms with van der Waals surface area (Å²) in [5.74, 6) is 1.03. The summed E-state index contributed by atoms with van der Waals surface area (Å²) in [5, 5.41) is 2.68. The van der Waals surface area contributed by atoms with Gasteiger partial charge in [0.05, 0.1) is 17.5 Å². The van der Waals surface area contributed by atoms with Crippen molar-refractivity contribution in [1.29, 1.82) is 0 Å². The van der Waals surface area contributed by atoms with Crippen molar-refractivity contribution in [3.8, 4) is 0 Å². The van der Waals surface area contributed by atoms with Crippen LogP contribution in [0, 0.1) is 0 Å². The minimum absolute atomic E-state index is 0.164. The molecule has 1 rings (SSSR count). The fraction of sp³-hybridized carbons (Fsp3) is 0.700. The molecule has 0 fully saturated rings. The van der Waals surface area contributed by atoms with Crippen LogP contribution < -0.4 is 5.32 Å². The Morgan fingerprint density at radius 1 is 1.50 bits per heavy atom. The maximum Gasteiger partial charge on any atom is 0.154 e. The zero-order valence-corrected chi connectivity index (χ0v) is 10.8. The van der Waals surface area contributed by atoms with E-state index in [1.54, 1.807) is 20.0 Å². The number of sulfone groups is 1. The first kappa shape index (κ1) is 13.2. The monoisotopic (exact) mass is 245 g/mol. The van der Waals surface area contributed by atoms with Gasteiger partial charge in [-0.3, -0.25) is 0 Å².